The van der Waals surface area contributed by atoms with Crippen molar-refractivity contribution in [1.82, 2.24) is 5.32 Å². The smallest absolute Gasteiger partial charge is 0.271 e. The number of benzene rings is 2. The molecule has 7 nitrogen and oxygen atoms in total. The molecule has 1 aliphatic rings. The molecule has 146 valence electrons. The van der Waals surface area contributed by atoms with Gasteiger partial charge < -0.3 is 10.2 Å². The third-order valence-corrected chi connectivity index (χ3v) is 5.42. The molecule has 0 radical (unpaired) electrons. The van der Waals surface area contributed by atoms with Gasteiger partial charge in [0.1, 0.15) is 0 Å². The molecule has 0 spiro atoms. The molecular weight excluding hydrogens is 378 g/mol. The van der Waals surface area contributed by atoms with Crippen LogP contribution in [-0.4, -0.2) is 35.1 Å². The Morgan fingerprint density at radius 1 is 1.25 bits per heavy atom. The summed E-state index contributed by atoms with van der Waals surface area (Å²) in [5.74, 6) is -0.0964. The zero-order valence-corrected chi connectivity index (χ0v) is 16.5. The third kappa shape index (κ3) is 4.33. The van der Waals surface area contributed by atoms with E-state index >= 15 is 0 Å². The van der Waals surface area contributed by atoms with Crippen LogP contribution in [0, 0.1) is 10.1 Å². The lowest BCUT2D eigenvalue weighted by Gasteiger charge is -2.19. The molecule has 2 aromatic carbocycles. The fraction of sp³-hybridized carbons (Fsp3) is 0.300. The van der Waals surface area contributed by atoms with E-state index < -0.39 is 4.92 Å². The number of non-ortho nitro benzene ring substituents is 1. The second kappa shape index (κ2) is 8.43. The lowest BCUT2D eigenvalue weighted by molar-refractivity contribution is -0.384. The number of thioether (sulfide) groups is 1. The molecule has 2 aromatic rings. The van der Waals surface area contributed by atoms with E-state index in [0.29, 0.717) is 29.1 Å². The number of amides is 2. The van der Waals surface area contributed by atoms with Crippen LogP contribution in [0.5, 0.6) is 0 Å². The summed E-state index contributed by atoms with van der Waals surface area (Å²) in [5.41, 5.74) is 1.95. The van der Waals surface area contributed by atoms with Gasteiger partial charge in [-0.25, -0.2) is 0 Å². The summed E-state index contributed by atoms with van der Waals surface area (Å²) in [6.07, 6.45) is 0.658. The van der Waals surface area contributed by atoms with E-state index in [2.05, 4.69) is 5.32 Å². The molecule has 1 heterocycles. The third-order valence-electron chi connectivity index (χ3n) is 4.35. The number of nitro groups is 1. The predicted octanol–water partition coefficient (Wildman–Crippen LogP) is 3.41. The summed E-state index contributed by atoms with van der Waals surface area (Å²) in [6, 6.07) is 11.8. The number of carbonyl (C=O) groups excluding carboxylic acids is 2. The highest BCUT2D eigenvalue weighted by atomic mass is 32.2. The number of fused-ring (bicyclic) bond motifs is 1. The Kier molecular flexibility index (Phi) is 5.99. The molecule has 1 N–H and O–H groups in total. The van der Waals surface area contributed by atoms with Gasteiger partial charge in [0.05, 0.1) is 21.9 Å². The molecule has 3 rings (SSSR count). The first-order chi connectivity index (χ1) is 13.4. The van der Waals surface area contributed by atoms with Crippen LogP contribution >= 0.6 is 11.8 Å². The molecular formula is C20H21N3O4S. The number of nitrogens with one attached hydrogen (secondary N) is 1. The van der Waals surface area contributed by atoms with E-state index in [0.717, 1.165) is 5.56 Å². The Balaban J connectivity index is 1.82. The molecule has 0 saturated carbocycles. The average molecular weight is 399 g/mol. The van der Waals surface area contributed by atoms with Crippen LogP contribution < -0.4 is 10.2 Å². The van der Waals surface area contributed by atoms with Gasteiger partial charge in [-0.05, 0) is 38.0 Å². The molecule has 0 fully saturated rings. The predicted molar refractivity (Wildman–Crippen MR) is 109 cm³/mol. The van der Waals surface area contributed by atoms with Crippen molar-refractivity contribution in [3.8, 4) is 0 Å². The Hall–Kier alpha value is -2.87. The van der Waals surface area contributed by atoms with E-state index in [1.165, 1.54) is 23.9 Å². The Morgan fingerprint density at radius 2 is 2.00 bits per heavy atom. The van der Waals surface area contributed by atoms with Crippen molar-refractivity contribution >= 4 is 35.0 Å². The quantitative estimate of drug-likeness (QED) is 0.456. The van der Waals surface area contributed by atoms with Gasteiger partial charge in [0.2, 0.25) is 5.91 Å². The van der Waals surface area contributed by atoms with Crippen LogP contribution in [0.1, 0.15) is 29.8 Å². The molecule has 0 saturated heterocycles. The van der Waals surface area contributed by atoms with Crippen molar-refractivity contribution in [3.05, 3.63) is 63.7 Å². The first-order valence-electron chi connectivity index (χ1n) is 8.97. The fourth-order valence-electron chi connectivity index (χ4n) is 3.11. The van der Waals surface area contributed by atoms with E-state index in [-0.39, 0.29) is 29.3 Å². The van der Waals surface area contributed by atoms with Crippen LogP contribution in [0.2, 0.25) is 0 Å². The molecule has 0 aliphatic carbocycles. The molecule has 0 unspecified atom stereocenters. The molecule has 2 amide bonds. The van der Waals surface area contributed by atoms with Gasteiger partial charge in [0.15, 0.2) is 0 Å². The number of nitrogens with zero attached hydrogens (tertiary/aromatic N) is 2. The standard InChI is InChI=1S/C20H21N3O4S/c1-13(2)21-19(24)12-28-18-6-4-3-5-16(18)20(25)22-10-9-14-7-8-15(23(26)27)11-17(14)22/h3-8,11,13H,9-10,12H2,1-2H3,(H,21,24). The molecule has 0 aromatic heterocycles. The highest BCUT2D eigenvalue weighted by Gasteiger charge is 2.28. The second-order valence-corrected chi connectivity index (χ2v) is 7.80. The zero-order valence-electron chi connectivity index (χ0n) is 15.7. The van der Waals surface area contributed by atoms with Crippen molar-refractivity contribution in [2.75, 3.05) is 17.2 Å². The zero-order chi connectivity index (χ0) is 20.3. The molecule has 0 bridgehead atoms. The van der Waals surface area contributed by atoms with Crippen molar-refractivity contribution in [2.45, 2.75) is 31.2 Å². The topological polar surface area (TPSA) is 92.6 Å². The van der Waals surface area contributed by atoms with E-state index in [4.69, 9.17) is 0 Å². The summed E-state index contributed by atoms with van der Waals surface area (Å²) in [6.45, 7) is 4.26. The first-order valence-corrected chi connectivity index (χ1v) is 9.95. The minimum absolute atomic E-state index is 0.0357. The first kappa shape index (κ1) is 19.9. The van der Waals surface area contributed by atoms with Gasteiger partial charge in [-0.1, -0.05) is 18.2 Å². The molecule has 0 atom stereocenters. The summed E-state index contributed by atoms with van der Waals surface area (Å²) in [5, 5.41) is 13.9. The number of nitro benzene ring substituents is 1. The molecule has 1 aliphatic heterocycles. The van der Waals surface area contributed by atoms with Gasteiger partial charge >= 0.3 is 0 Å². The highest BCUT2D eigenvalue weighted by molar-refractivity contribution is 8.00. The van der Waals surface area contributed by atoms with Gasteiger partial charge in [0.25, 0.3) is 11.6 Å². The Morgan fingerprint density at radius 3 is 2.71 bits per heavy atom. The summed E-state index contributed by atoms with van der Waals surface area (Å²) < 4.78 is 0. The monoisotopic (exact) mass is 399 g/mol. The number of anilines is 1. The van der Waals surface area contributed by atoms with E-state index in [1.54, 1.807) is 23.1 Å². The minimum Gasteiger partial charge on any atom is -0.353 e. The maximum Gasteiger partial charge on any atom is 0.271 e. The fourth-order valence-corrected chi connectivity index (χ4v) is 3.97. The maximum atomic E-state index is 13.2. The summed E-state index contributed by atoms with van der Waals surface area (Å²) in [4.78, 5) is 38.0. The second-order valence-electron chi connectivity index (χ2n) is 6.78. The van der Waals surface area contributed by atoms with Crippen LogP contribution in [0.3, 0.4) is 0 Å². The van der Waals surface area contributed by atoms with Crippen molar-refractivity contribution in [2.24, 2.45) is 0 Å². The largest absolute Gasteiger partial charge is 0.353 e. The number of hydrogen-bond donors (Lipinski definition) is 1. The minimum atomic E-state index is -0.460. The summed E-state index contributed by atoms with van der Waals surface area (Å²) >= 11 is 1.31. The van der Waals surface area contributed by atoms with Crippen molar-refractivity contribution in [3.63, 3.8) is 0 Å². The van der Waals surface area contributed by atoms with Gasteiger partial charge in [-0.3, -0.25) is 19.7 Å². The Bertz CT molecular complexity index is 929. The van der Waals surface area contributed by atoms with E-state index in [9.17, 15) is 19.7 Å². The molecule has 8 heteroatoms. The summed E-state index contributed by atoms with van der Waals surface area (Å²) in [7, 11) is 0. The SMILES string of the molecule is CC(C)NC(=O)CSc1ccccc1C(=O)N1CCc2ccc([N+](=O)[O-])cc21. The van der Waals surface area contributed by atoms with Crippen LogP contribution in [0.4, 0.5) is 11.4 Å². The van der Waals surface area contributed by atoms with Gasteiger partial charge in [0, 0.05) is 29.6 Å². The van der Waals surface area contributed by atoms with Gasteiger partial charge in [-0.15, -0.1) is 11.8 Å². The van der Waals surface area contributed by atoms with Crippen molar-refractivity contribution < 1.29 is 14.5 Å². The average Bonchev–Trinajstić information content (AvgIpc) is 3.08. The van der Waals surface area contributed by atoms with Crippen LogP contribution in [-0.2, 0) is 11.2 Å². The lowest BCUT2D eigenvalue weighted by atomic mass is 10.1. The Labute approximate surface area is 167 Å². The van der Waals surface area contributed by atoms with Crippen LogP contribution in [0.25, 0.3) is 0 Å². The normalized spacial score (nSPS) is 12.8. The molecule has 28 heavy (non-hydrogen) atoms. The van der Waals surface area contributed by atoms with Crippen molar-refractivity contribution in [1.29, 1.82) is 0 Å². The van der Waals surface area contributed by atoms with Gasteiger partial charge in [-0.2, -0.15) is 0 Å². The number of carbonyl (C=O) groups is 2. The van der Waals surface area contributed by atoms with Crippen LogP contribution in [0.15, 0.2) is 47.4 Å². The lowest BCUT2D eigenvalue weighted by Crippen LogP contribution is -2.32. The maximum absolute atomic E-state index is 13.2. The number of rotatable bonds is 6. The number of hydrogen-bond acceptors (Lipinski definition) is 5. The van der Waals surface area contributed by atoms with E-state index in [1.807, 2.05) is 26.0 Å². The highest BCUT2D eigenvalue weighted by Crippen LogP contribution is 2.34.